The van der Waals surface area contributed by atoms with Crippen molar-refractivity contribution in [2.75, 3.05) is 36.8 Å². The summed E-state index contributed by atoms with van der Waals surface area (Å²) in [4.78, 5) is 13.8. The van der Waals surface area contributed by atoms with Crippen LogP contribution in [0.25, 0.3) is 0 Å². The van der Waals surface area contributed by atoms with E-state index in [1.165, 1.54) is 11.8 Å². The molecule has 0 saturated carbocycles. The first-order valence-corrected chi connectivity index (χ1v) is 11.3. The Hall–Kier alpha value is -2.30. The highest BCUT2D eigenvalue weighted by Gasteiger charge is 2.34. The maximum absolute atomic E-state index is 13.6. The molecule has 0 aliphatic carbocycles. The van der Waals surface area contributed by atoms with Crippen LogP contribution in [0.3, 0.4) is 0 Å². The van der Waals surface area contributed by atoms with Crippen molar-refractivity contribution in [3.05, 3.63) is 40.9 Å². The van der Waals surface area contributed by atoms with Crippen molar-refractivity contribution < 1.29 is 23.1 Å². The van der Waals surface area contributed by atoms with E-state index in [4.69, 9.17) is 11.6 Å². The fourth-order valence-electron chi connectivity index (χ4n) is 3.88. The van der Waals surface area contributed by atoms with Gasteiger partial charge in [0.05, 0.1) is 22.6 Å². The molecule has 0 spiro atoms. The van der Waals surface area contributed by atoms with Gasteiger partial charge < -0.3 is 30.8 Å². The van der Waals surface area contributed by atoms with Crippen LogP contribution in [0.15, 0.2) is 40.1 Å². The Bertz CT molecular complexity index is 1010. The number of benzene rings is 2. The number of rotatable bonds is 5. The summed E-state index contributed by atoms with van der Waals surface area (Å²) >= 11 is 7.31. The van der Waals surface area contributed by atoms with Crippen molar-refractivity contribution in [3.63, 3.8) is 0 Å². The smallest absolute Gasteiger partial charge is 0.416 e. The van der Waals surface area contributed by atoms with Crippen molar-refractivity contribution in [1.82, 2.24) is 10.2 Å². The molecule has 32 heavy (non-hydrogen) atoms. The lowest BCUT2D eigenvalue weighted by Gasteiger charge is -2.34. The van der Waals surface area contributed by atoms with Crippen molar-refractivity contribution >= 4 is 46.5 Å². The monoisotopic (exact) mass is 485 g/mol. The molecule has 0 radical (unpaired) electrons. The summed E-state index contributed by atoms with van der Waals surface area (Å²) in [5, 5.41) is 19.8. The molecule has 0 atom stereocenters. The summed E-state index contributed by atoms with van der Waals surface area (Å²) in [7, 11) is 0. The number of anilines is 3. The SMILES string of the molecule is O=C([O-])NCCN1CCC(Nc2cc(C(F)(F)F)cc3c2Nc2ccc(Cl)cc2S3)CC1. The highest BCUT2D eigenvalue weighted by atomic mass is 35.5. The minimum absolute atomic E-state index is 0.00588. The Morgan fingerprint density at radius 2 is 1.97 bits per heavy atom. The van der Waals surface area contributed by atoms with Crippen LogP contribution in [0.1, 0.15) is 18.4 Å². The first-order chi connectivity index (χ1) is 15.2. The van der Waals surface area contributed by atoms with Crippen LogP contribution in [0.2, 0.25) is 5.02 Å². The zero-order valence-corrected chi connectivity index (χ0v) is 18.5. The van der Waals surface area contributed by atoms with Gasteiger partial charge in [0.2, 0.25) is 0 Å². The molecule has 1 saturated heterocycles. The molecule has 2 aliphatic heterocycles. The summed E-state index contributed by atoms with van der Waals surface area (Å²) in [6.45, 7) is 2.29. The highest BCUT2D eigenvalue weighted by molar-refractivity contribution is 7.99. The Morgan fingerprint density at radius 1 is 1.22 bits per heavy atom. The van der Waals surface area contributed by atoms with Gasteiger partial charge in [0.1, 0.15) is 6.09 Å². The third-order valence-electron chi connectivity index (χ3n) is 5.50. The van der Waals surface area contributed by atoms with E-state index >= 15 is 0 Å². The number of amides is 1. The van der Waals surface area contributed by atoms with Gasteiger partial charge in [-0.1, -0.05) is 23.4 Å². The second-order valence-corrected chi connectivity index (χ2v) is 9.26. The van der Waals surface area contributed by atoms with E-state index < -0.39 is 17.8 Å². The molecule has 1 amide bonds. The normalized spacial score (nSPS) is 16.6. The number of carboxylic acid groups (broad SMARTS) is 1. The van der Waals surface area contributed by atoms with Crippen LogP contribution in [-0.2, 0) is 6.18 Å². The van der Waals surface area contributed by atoms with E-state index in [-0.39, 0.29) is 12.6 Å². The van der Waals surface area contributed by atoms with Gasteiger partial charge >= 0.3 is 6.18 Å². The van der Waals surface area contributed by atoms with Crippen LogP contribution < -0.4 is 21.1 Å². The lowest BCUT2D eigenvalue weighted by Crippen LogP contribution is -2.45. The van der Waals surface area contributed by atoms with E-state index in [9.17, 15) is 23.1 Å². The molecule has 2 aliphatic rings. The summed E-state index contributed by atoms with van der Waals surface area (Å²) in [5.74, 6) is 0. The van der Waals surface area contributed by atoms with Gasteiger partial charge in [-0.15, -0.1) is 0 Å². The maximum atomic E-state index is 13.6. The average molecular weight is 486 g/mol. The maximum Gasteiger partial charge on any atom is 0.416 e. The summed E-state index contributed by atoms with van der Waals surface area (Å²) in [5.41, 5.74) is 1.13. The standard InChI is InChI=1S/C21H22ClF3N4O2S/c22-13-1-2-15-17(11-13)32-18-10-12(21(23,24)25)9-16(19(18)28-15)27-14-3-6-29(7-4-14)8-5-26-20(30)31/h1-2,9-11,14,26-28H,3-8H2,(H,30,31)/p-1. The van der Waals surface area contributed by atoms with E-state index in [2.05, 4.69) is 20.9 Å². The third-order valence-corrected chi connectivity index (χ3v) is 6.83. The van der Waals surface area contributed by atoms with Gasteiger partial charge in [-0.3, -0.25) is 0 Å². The number of alkyl halides is 3. The van der Waals surface area contributed by atoms with Gasteiger partial charge in [0.25, 0.3) is 0 Å². The van der Waals surface area contributed by atoms with Crippen LogP contribution in [-0.4, -0.2) is 43.2 Å². The van der Waals surface area contributed by atoms with E-state index in [1.807, 2.05) is 6.07 Å². The van der Waals surface area contributed by atoms with Gasteiger partial charge in [-0.25, -0.2) is 0 Å². The summed E-state index contributed by atoms with van der Waals surface area (Å²) < 4.78 is 40.7. The molecule has 4 rings (SSSR count). The number of hydrogen-bond acceptors (Lipinski definition) is 6. The quantitative estimate of drug-likeness (QED) is 0.498. The molecule has 2 heterocycles. The Balaban J connectivity index is 1.50. The van der Waals surface area contributed by atoms with Gasteiger partial charge in [-0.2, -0.15) is 13.2 Å². The molecule has 0 aromatic heterocycles. The summed E-state index contributed by atoms with van der Waals surface area (Å²) in [6, 6.07) is 7.61. The number of fused-ring (bicyclic) bond motifs is 2. The molecule has 11 heteroatoms. The molecule has 2 aromatic carbocycles. The molecular weight excluding hydrogens is 465 g/mol. The van der Waals surface area contributed by atoms with Crippen molar-refractivity contribution in [2.45, 2.75) is 34.9 Å². The van der Waals surface area contributed by atoms with Gasteiger partial charge in [-0.05, 0) is 43.2 Å². The lowest BCUT2D eigenvalue weighted by atomic mass is 10.0. The Kier molecular flexibility index (Phi) is 6.64. The third kappa shape index (κ3) is 5.36. The number of likely N-dealkylation sites (tertiary alicyclic amines) is 1. The predicted molar refractivity (Wildman–Crippen MR) is 117 cm³/mol. The molecule has 2 aromatic rings. The number of halogens is 4. The second kappa shape index (κ2) is 9.29. The molecule has 0 bridgehead atoms. The fourth-order valence-corrected chi connectivity index (χ4v) is 5.21. The van der Waals surface area contributed by atoms with E-state index in [0.29, 0.717) is 27.8 Å². The number of nitrogens with one attached hydrogen (secondary N) is 3. The largest absolute Gasteiger partial charge is 0.530 e. The zero-order valence-electron chi connectivity index (χ0n) is 16.9. The van der Waals surface area contributed by atoms with Crippen LogP contribution in [0.4, 0.5) is 35.0 Å². The van der Waals surface area contributed by atoms with Crippen molar-refractivity contribution in [1.29, 1.82) is 0 Å². The number of carbonyl (C=O) groups is 1. The van der Waals surface area contributed by atoms with Gasteiger partial charge in [0.15, 0.2) is 0 Å². The second-order valence-electron chi connectivity index (χ2n) is 7.74. The molecule has 172 valence electrons. The minimum atomic E-state index is -4.46. The average Bonchev–Trinajstić information content (AvgIpc) is 2.72. The Morgan fingerprint density at radius 3 is 2.66 bits per heavy atom. The van der Waals surface area contributed by atoms with Crippen molar-refractivity contribution in [2.24, 2.45) is 0 Å². The fraction of sp³-hybridized carbons (Fsp3) is 0.381. The first kappa shape index (κ1) is 22.9. The van der Waals surface area contributed by atoms with Gasteiger partial charge in [0, 0.05) is 47.0 Å². The number of carbonyl (C=O) groups excluding carboxylic acids is 1. The molecule has 0 unspecified atom stereocenters. The molecule has 1 fully saturated rings. The topological polar surface area (TPSA) is 79.5 Å². The molecule has 6 nitrogen and oxygen atoms in total. The first-order valence-electron chi connectivity index (χ1n) is 10.1. The number of piperidine rings is 1. The molecule has 3 N–H and O–H groups in total. The van der Waals surface area contributed by atoms with Crippen molar-refractivity contribution in [3.8, 4) is 0 Å². The highest BCUT2D eigenvalue weighted by Crippen LogP contribution is 2.50. The minimum Gasteiger partial charge on any atom is -0.530 e. The predicted octanol–water partition coefficient (Wildman–Crippen LogP) is 4.38. The van der Waals surface area contributed by atoms with E-state index in [0.717, 1.165) is 48.6 Å². The van der Waals surface area contributed by atoms with Crippen LogP contribution in [0, 0.1) is 0 Å². The summed E-state index contributed by atoms with van der Waals surface area (Å²) in [6.07, 6.45) is -4.30. The molecular formula is C21H21ClF3N4O2S-. The zero-order chi connectivity index (χ0) is 22.9. The van der Waals surface area contributed by atoms with Crippen LogP contribution >= 0.6 is 23.4 Å². The number of nitrogens with zero attached hydrogens (tertiary/aromatic N) is 1. The lowest BCUT2D eigenvalue weighted by molar-refractivity contribution is -0.250. The number of hydrogen-bond donors (Lipinski definition) is 3. The Labute approximate surface area is 192 Å². The van der Waals surface area contributed by atoms with E-state index in [1.54, 1.807) is 12.1 Å². The van der Waals surface area contributed by atoms with Crippen LogP contribution in [0.5, 0.6) is 0 Å².